The van der Waals surface area contributed by atoms with E-state index in [1.54, 1.807) is 6.20 Å². The van der Waals surface area contributed by atoms with Crippen molar-refractivity contribution in [2.24, 2.45) is 5.73 Å². The molecular formula is C19H25N5O. The Bertz CT molecular complexity index is 760. The minimum absolute atomic E-state index is 0.486. The van der Waals surface area contributed by atoms with E-state index in [1.807, 2.05) is 13.0 Å². The predicted octanol–water partition coefficient (Wildman–Crippen LogP) is 2.98. The van der Waals surface area contributed by atoms with Gasteiger partial charge in [0.05, 0.1) is 5.69 Å². The van der Waals surface area contributed by atoms with Crippen LogP contribution in [0.5, 0.6) is 0 Å². The number of aromatic nitrogens is 2. The molecule has 1 aromatic carbocycles. The van der Waals surface area contributed by atoms with Crippen molar-refractivity contribution in [2.45, 2.75) is 39.0 Å². The normalized spacial score (nSPS) is 13.2. The summed E-state index contributed by atoms with van der Waals surface area (Å²) in [6.45, 7) is 3.37. The molecule has 0 bridgehead atoms. The Balaban J connectivity index is 1.85. The van der Waals surface area contributed by atoms with Gasteiger partial charge in [-0.15, -0.1) is 0 Å². The number of aldehydes is 1. The van der Waals surface area contributed by atoms with E-state index in [1.165, 1.54) is 17.5 Å². The standard InChI is InChI=1S/C19H25N5O/c1-13-11-22-19(24-18(13)21-10-4-9-20)23-17-8-7-14-5-2-3-6-15(14)16(17)12-25/h7-8,11-12H,2-6,9-10,20H2,1H3,(H2,21,22,23,24). The molecule has 6 heteroatoms. The van der Waals surface area contributed by atoms with Crippen molar-refractivity contribution < 1.29 is 4.79 Å². The molecule has 6 nitrogen and oxygen atoms in total. The number of carbonyl (C=O) groups is 1. The van der Waals surface area contributed by atoms with Crippen LogP contribution in [0, 0.1) is 6.92 Å². The van der Waals surface area contributed by atoms with Gasteiger partial charge in [0.1, 0.15) is 5.82 Å². The van der Waals surface area contributed by atoms with E-state index < -0.39 is 0 Å². The summed E-state index contributed by atoms with van der Waals surface area (Å²) >= 11 is 0. The van der Waals surface area contributed by atoms with Crippen LogP contribution in [0.4, 0.5) is 17.5 Å². The number of nitrogens with one attached hydrogen (secondary N) is 2. The fourth-order valence-electron chi connectivity index (χ4n) is 3.21. The highest BCUT2D eigenvalue weighted by molar-refractivity contribution is 5.88. The van der Waals surface area contributed by atoms with Gasteiger partial charge >= 0.3 is 0 Å². The predicted molar refractivity (Wildman–Crippen MR) is 101 cm³/mol. The summed E-state index contributed by atoms with van der Waals surface area (Å²) in [5.41, 5.74) is 10.5. The maximum atomic E-state index is 11.7. The Morgan fingerprint density at radius 3 is 2.92 bits per heavy atom. The van der Waals surface area contributed by atoms with Gasteiger partial charge in [-0.25, -0.2) is 4.98 Å². The molecule has 0 radical (unpaired) electrons. The quantitative estimate of drug-likeness (QED) is 0.530. The lowest BCUT2D eigenvalue weighted by Gasteiger charge is -2.20. The summed E-state index contributed by atoms with van der Waals surface area (Å²) in [5.74, 6) is 1.27. The van der Waals surface area contributed by atoms with E-state index in [0.29, 0.717) is 12.5 Å². The summed E-state index contributed by atoms with van der Waals surface area (Å²) in [7, 11) is 0. The average Bonchev–Trinajstić information content (AvgIpc) is 2.64. The Labute approximate surface area is 148 Å². The van der Waals surface area contributed by atoms with Gasteiger partial charge in [-0.3, -0.25) is 4.79 Å². The first kappa shape index (κ1) is 17.4. The van der Waals surface area contributed by atoms with Crippen LogP contribution in [-0.2, 0) is 12.8 Å². The molecule has 1 aliphatic carbocycles. The van der Waals surface area contributed by atoms with Crippen molar-refractivity contribution >= 4 is 23.7 Å². The lowest BCUT2D eigenvalue weighted by molar-refractivity contribution is 0.112. The van der Waals surface area contributed by atoms with E-state index in [2.05, 4.69) is 26.7 Å². The molecule has 0 unspecified atom stereocenters. The highest BCUT2D eigenvalue weighted by Crippen LogP contribution is 2.30. The van der Waals surface area contributed by atoms with Crippen molar-refractivity contribution in [3.63, 3.8) is 0 Å². The van der Waals surface area contributed by atoms with E-state index in [4.69, 9.17) is 5.73 Å². The molecule has 1 aromatic heterocycles. The molecule has 1 heterocycles. The number of nitrogens with two attached hydrogens (primary N) is 1. The second-order valence-corrected chi connectivity index (χ2v) is 6.41. The number of benzene rings is 1. The summed E-state index contributed by atoms with van der Waals surface area (Å²) in [6, 6.07) is 4.07. The summed E-state index contributed by atoms with van der Waals surface area (Å²) < 4.78 is 0. The maximum absolute atomic E-state index is 11.7. The zero-order valence-electron chi connectivity index (χ0n) is 14.6. The molecule has 25 heavy (non-hydrogen) atoms. The number of rotatable bonds is 7. The number of nitrogens with zero attached hydrogens (tertiary/aromatic N) is 2. The van der Waals surface area contributed by atoms with Crippen molar-refractivity contribution in [2.75, 3.05) is 23.7 Å². The number of fused-ring (bicyclic) bond motifs is 1. The first-order valence-corrected chi connectivity index (χ1v) is 8.87. The molecule has 0 spiro atoms. The Hall–Kier alpha value is -2.47. The molecule has 0 saturated heterocycles. The van der Waals surface area contributed by atoms with E-state index in [0.717, 1.165) is 61.1 Å². The molecule has 0 aliphatic heterocycles. The smallest absolute Gasteiger partial charge is 0.229 e. The van der Waals surface area contributed by atoms with Gasteiger partial charge < -0.3 is 16.4 Å². The largest absolute Gasteiger partial charge is 0.370 e. The minimum Gasteiger partial charge on any atom is -0.370 e. The zero-order valence-corrected chi connectivity index (χ0v) is 14.6. The molecular weight excluding hydrogens is 314 g/mol. The van der Waals surface area contributed by atoms with Gasteiger partial charge in [-0.1, -0.05) is 6.07 Å². The zero-order chi connectivity index (χ0) is 17.6. The number of aryl methyl sites for hydroxylation is 2. The molecule has 1 aliphatic rings. The lowest BCUT2D eigenvalue weighted by Crippen LogP contribution is -2.12. The average molecular weight is 339 g/mol. The Kier molecular flexibility index (Phi) is 5.60. The van der Waals surface area contributed by atoms with Gasteiger partial charge in [-0.2, -0.15) is 4.98 Å². The minimum atomic E-state index is 0.486. The van der Waals surface area contributed by atoms with Crippen molar-refractivity contribution in [3.05, 3.63) is 40.6 Å². The third kappa shape index (κ3) is 3.96. The summed E-state index contributed by atoms with van der Waals surface area (Å²) in [6.07, 6.45) is 7.93. The highest BCUT2D eigenvalue weighted by atomic mass is 16.1. The van der Waals surface area contributed by atoms with Crippen LogP contribution in [0.15, 0.2) is 18.3 Å². The fourth-order valence-corrected chi connectivity index (χ4v) is 3.21. The van der Waals surface area contributed by atoms with Crippen LogP contribution in [0.1, 0.15) is 46.3 Å². The maximum Gasteiger partial charge on any atom is 0.229 e. The van der Waals surface area contributed by atoms with Crippen molar-refractivity contribution in [1.29, 1.82) is 0 Å². The van der Waals surface area contributed by atoms with E-state index in [-0.39, 0.29) is 0 Å². The molecule has 0 saturated carbocycles. The second-order valence-electron chi connectivity index (χ2n) is 6.41. The topological polar surface area (TPSA) is 92.9 Å². The highest BCUT2D eigenvalue weighted by Gasteiger charge is 2.17. The second kappa shape index (κ2) is 8.07. The van der Waals surface area contributed by atoms with Crippen LogP contribution >= 0.6 is 0 Å². The summed E-state index contributed by atoms with van der Waals surface area (Å²) in [4.78, 5) is 20.6. The Morgan fingerprint density at radius 2 is 2.12 bits per heavy atom. The van der Waals surface area contributed by atoms with Crippen molar-refractivity contribution in [1.82, 2.24) is 9.97 Å². The molecule has 0 amide bonds. The molecule has 0 fully saturated rings. The van der Waals surface area contributed by atoms with Crippen LogP contribution in [-0.4, -0.2) is 29.3 Å². The lowest BCUT2D eigenvalue weighted by atomic mass is 9.88. The Morgan fingerprint density at radius 1 is 1.28 bits per heavy atom. The van der Waals surface area contributed by atoms with E-state index >= 15 is 0 Å². The molecule has 4 N–H and O–H groups in total. The SMILES string of the molecule is Cc1cnc(Nc2ccc3c(c2C=O)CCCC3)nc1NCCCN. The molecule has 2 aromatic rings. The summed E-state index contributed by atoms with van der Waals surface area (Å²) in [5, 5.41) is 6.49. The van der Waals surface area contributed by atoms with E-state index in [9.17, 15) is 4.79 Å². The van der Waals surface area contributed by atoms with Gasteiger partial charge in [0, 0.05) is 23.9 Å². The number of hydrogen-bond acceptors (Lipinski definition) is 6. The fraction of sp³-hybridized carbons (Fsp3) is 0.421. The number of anilines is 3. The van der Waals surface area contributed by atoms with Gasteiger partial charge in [0.2, 0.25) is 5.95 Å². The molecule has 132 valence electrons. The van der Waals surface area contributed by atoms with Crippen LogP contribution < -0.4 is 16.4 Å². The van der Waals surface area contributed by atoms with Crippen LogP contribution in [0.25, 0.3) is 0 Å². The first-order valence-electron chi connectivity index (χ1n) is 8.87. The van der Waals surface area contributed by atoms with Crippen LogP contribution in [0.3, 0.4) is 0 Å². The van der Waals surface area contributed by atoms with Gasteiger partial charge in [0.15, 0.2) is 6.29 Å². The van der Waals surface area contributed by atoms with Gasteiger partial charge in [-0.05, 0) is 62.8 Å². The first-order chi connectivity index (χ1) is 12.2. The third-order valence-corrected chi connectivity index (χ3v) is 4.59. The molecule has 3 rings (SSSR count). The molecule has 0 atom stereocenters. The van der Waals surface area contributed by atoms with Crippen molar-refractivity contribution in [3.8, 4) is 0 Å². The van der Waals surface area contributed by atoms with Gasteiger partial charge in [0.25, 0.3) is 0 Å². The monoisotopic (exact) mass is 339 g/mol. The number of carbonyl (C=O) groups excluding carboxylic acids is 1. The third-order valence-electron chi connectivity index (χ3n) is 4.59. The number of hydrogen-bond donors (Lipinski definition) is 3. The van der Waals surface area contributed by atoms with Crippen LogP contribution in [0.2, 0.25) is 0 Å².